The summed E-state index contributed by atoms with van der Waals surface area (Å²) in [5.74, 6) is -1.03. The zero-order valence-corrected chi connectivity index (χ0v) is 47.4. The van der Waals surface area contributed by atoms with Crippen LogP contribution in [0.25, 0.3) is 0 Å². The van der Waals surface area contributed by atoms with Crippen molar-refractivity contribution in [3.8, 4) is 0 Å². The summed E-state index contributed by atoms with van der Waals surface area (Å²) < 4.78 is 16.8. The van der Waals surface area contributed by atoms with E-state index in [1.54, 1.807) is 0 Å². The number of carbonyl (C=O) groups excluding carboxylic acids is 3. The van der Waals surface area contributed by atoms with E-state index in [9.17, 15) is 14.4 Å². The Morgan fingerprint density at radius 3 is 0.918 bits per heavy atom. The molecule has 0 amide bonds. The Hall–Kier alpha value is -4.19. The molecule has 0 aromatic carbocycles. The van der Waals surface area contributed by atoms with Gasteiger partial charge in [-0.1, -0.05) is 264 Å². The molecule has 414 valence electrons. The molecule has 0 aliphatic carbocycles. The molecular formula is C67H110O6. The van der Waals surface area contributed by atoms with Gasteiger partial charge in [0.15, 0.2) is 6.10 Å². The topological polar surface area (TPSA) is 78.9 Å². The summed E-state index contributed by atoms with van der Waals surface area (Å²) in [7, 11) is 0. The van der Waals surface area contributed by atoms with Crippen molar-refractivity contribution < 1.29 is 28.6 Å². The van der Waals surface area contributed by atoms with Crippen LogP contribution in [0.4, 0.5) is 0 Å². The summed E-state index contributed by atoms with van der Waals surface area (Å²) >= 11 is 0. The van der Waals surface area contributed by atoms with Gasteiger partial charge < -0.3 is 14.2 Å². The van der Waals surface area contributed by atoms with E-state index >= 15 is 0 Å². The minimum absolute atomic E-state index is 0.119. The molecule has 0 saturated carbocycles. The van der Waals surface area contributed by atoms with E-state index in [2.05, 4.69) is 136 Å². The molecule has 1 atom stereocenters. The maximum atomic E-state index is 12.8. The summed E-state index contributed by atoms with van der Waals surface area (Å²) in [5.41, 5.74) is 0. The average Bonchev–Trinajstić information content (AvgIpc) is 3.39. The quantitative estimate of drug-likeness (QED) is 0.0261. The van der Waals surface area contributed by atoms with E-state index in [0.717, 1.165) is 103 Å². The molecule has 0 fully saturated rings. The zero-order chi connectivity index (χ0) is 52.9. The van der Waals surface area contributed by atoms with Gasteiger partial charge in [-0.2, -0.15) is 0 Å². The second kappa shape index (κ2) is 60.4. The molecule has 0 radical (unpaired) electrons. The summed E-state index contributed by atoms with van der Waals surface area (Å²) in [6.45, 7) is 6.42. The van der Waals surface area contributed by atoms with Crippen LogP contribution in [-0.4, -0.2) is 37.2 Å². The first kappa shape index (κ1) is 68.8. The smallest absolute Gasteiger partial charge is 0.306 e. The summed E-state index contributed by atoms with van der Waals surface area (Å²) in [6, 6.07) is 0. The van der Waals surface area contributed by atoms with Gasteiger partial charge in [0, 0.05) is 19.3 Å². The van der Waals surface area contributed by atoms with Crippen LogP contribution in [0.1, 0.15) is 265 Å². The first-order valence-electron chi connectivity index (χ1n) is 30.0. The van der Waals surface area contributed by atoms with Gasteiger partial charge in [0.2, 0.25) is 0 Å². The van der Waals surface area contributed by atoms with E-state index in [4.69, 9.17) is 14.2 Å². The third kappa shape index (κ3) is 58.6. The second-order valence-corrected chi connectivity index (χ2v) is 19.5. The molecule has 0 spiro atoms. The Labute approximate surface area is 450 Å². The standard InChI is InChI=1S/C67H110O6/c1-4-7-10-13-16-19-22-25-28-31-33-36-39-42-45-48-51-54-57-60-66(69)72-63-64(62-71-65(68)59-56-53-50-47-44-41-38-35-30-27-24-21-18-15-12-9-6-3)73-67(70)61-58-55-52-49-46-43-40-37-34-32-29-26-23-20-17-14-11-8-5-2/h7,10,16-17,19-20,25-26,28-29,33-34,36-37,42-43,45-46,52,55,64H,4-6,8-9,11-15,18,21-24,27,30-32,35,38-41,44,47-51,53-54,56-63H2,1-3H3/b10-7-,19-16-,20-17-,28-25-,29-26-,36-33-,37-34-,45-42-,46-43-,55-52-/t64-/m0/s1. The Balaban J connectivity index is 4.56. The second-order valence-electron chi connectivity index (χ2n) is 19.5. The van der Waals surface area contributed by atoms with Gasteiger partial charge in [0.1, 0.15) is 13.2 Å². The monoisotopic (exact) mass is 1010 g/mol. The van der Waals surface area contributed by atoms with Crippen LogP contribution >= 0.6 is 0 Å². The van der Waals surface area contributed by atoms with Crippen LogP contribution in [0.15, 0.2) is 122 Å². The molecule has 0 aromatic heterocycles. The van der Waals surface area contributed by atoms with E-state index in [-0.39, 0.29) is 31.6 Å². The summed E-state index contributed by atoms with van der Waals surface area (Å²) in [4.78, 5) is 38.2. The van der Waals surface area contributed by atoms with Gasteiger partial charge >= 0.3 is 17.9 Å². The van der Waals surface area contributed by atoms with Crippen molar-refractivity contribution in [3.05, 3.63) is 122 Å². The third-order valence-corrected chi connectivity index (χ3v) is 12.5. The highest BCUT2D eigenvalue weighted by atomic mass is 16.6. The fraction of sp³-hybridized carbons (Fsp3) is 0.657. The first-order valence-corrected chi connectivity index (χ1v) is 30.0. The van der Waals surface area contributed by atoms with E-state index in [1.165, 1.54) is 116 Å². The van der Waals surface area contributed by atoms with Crippen LogP contribution in [0.3, 0.4) is 0 Å². The SMILES string of the molecule is CC/C=C\C/C=C\C/C=C\C/C=C\C/C=C\CCCCCC(=O)OC[C@H](COC(=O)CCCCCCCCCCCCCCCCCCC)OC(=O)CC/C=C\C/C=C\C/C=C\C/C=C\C/C=C\CCCCC. The van der Waals surface area contributed by atoms with Crippen LogP contribution in [0, 0.1) is 0 Å². The van der Waals surface area contributed by atoms with Crippen molar-refractivity contribution in [1.29, 1.82) is 0 Å². The minimum Gasteiger partial charge on any atom is -0.462 e. The molecule has 0 unspecified atom stereocenters. The lowest BCUT2D eigenvalue weighted by Gasteiger charge is -2.18. The van der Waals surface area contributed by atoms with Crippen molar-refractivity contribution in [2.75, 3.05) is 13.2 Å². The number of hydrogen-bond acceptors (Lipinski definition) is 6. The van der Waals surface area contributed by atoms with Crippen LogP contribution in [0.2, 0.25) is 0 Å². The fourth-order valence-electron chi connectivity index (χ4n) is 7.98. The average molecular weight is 1010 g/mol. The summed E-state index contributed by atoms with van der Waals surface area (Å²) in [5, 5.41) is 0. The molecular weight excluding hydrogens is 901 g/mol. The van der Waals surface area contributed by atoms with Gasteiger partial charge in [0.25, 0.3) is 0 Å². The summed E-state index contributed by atoms with van der Waals surface area (Å²) in [6.07, 6.45) is 83.4. The Kier molecular flexibility index (Phi) is 56.9. The number of esters is 3. The highest BCUT2D eigenvalue weighted by Gasteiger charge is 2.19. The van der Waals surface area contributed by atoms with Crippen molar-refractivity contribution in [2.24, 2.45) is 0 Å². The van der Waals surface area contributed by atoms with Gasteiger partial charge in [0.05, 0.1) is 0 Å². The number of allylic oxidation sites excluding steroid dienone is 20. The maximum Gasteiger partial charge on any atom is 0.306 e. The lowest BCUT2D eigenvalue weighted by atomic mass is 10.0. The zero-order valence-electron chi connectivity index (χ0n) is 47.4. The van der Waals surface area contributed by atoms with Gasteiger partial charge in [-0.15, -0.1) is 0 Å². The number of rotatable bonds is 53. The molecule has 0 aromatic rings. The van der Waals surface area contributed by atoms with Gasteiger partial charge in [-0.05, 0) is 103 Å². The third-order valence-electron chi connectivity index (χ3n) is 12.5. The molecule has 0 rings (SSSR count). The predicted molar refractivity (Wildman–Crippen MR) is 316 cm³/mol. The van der Waals surface area contributed by atoms with Gasteiger partial charge in [-0.25, -0.2) is 0 Å². The molecule has 73 heavy (non-hydrogen) atoms. The van der Waals surface area contributed by atoms with Gasteiger partial charge in [-0.3, -0.25) is 14.4 Å². The molecule has 0 aliphatic heterocycles. The van der Waals surface area contributed by atoms with E-state index in [0.29, 0.717) is 19.3 Å². The Morgan fingerprint density at radius 2 is 0.562 bits per heavy atom. The Morgan fingerprint density at radius 1 is 0.288 bits per heavy atom. The molecule has 0 aliphatic rings. The highest BCUT2D eigenvalue weighted by molar-refractivity contribution is 5.71. The number of hydrogen-bond donors (Lipinski definition) is 0. The normalized spacial score (nSPS) is 13.0. The first-order chi connectivity index (χ1) is 36.0. The molecule has 0 saturated heterocycles. The lowest BCUT2D eigenvalue weighted by molar-refractivity contribution is -0.166. The van der Waals surface area contributed by atoms with Crippen LogP contribution < -0.4 is 0 Å². The minimum atomic E-state index is -0.834. The highest BCUT2D eigenvalue weighted by Crippen LogP contribution is 2.15. The van der Waals surface area contributed by atoms with Crippen LogP contribution in [-0.2, 0) is 28.6 Å². The Bertz CT molecular complexity index is 1540. The molecule has 6 nitrogen and oxygen atoms in total. The molecule has 6 heteroatoms. The number of unbranched alkanes of at least 4 members (excludes halogenated alkanes) is 22. The van der Waals surface area contributed by atoms with Crippen molar-refractivity contribution in [2.45, 2.75) is 271 Å². The molecule has 0 heterocycles. The molecule has 0 bridgehead atoms. The lowest BCUT2D eigenvalue weighted by Crippen LogP contribution is -2.30. The number of ether oxygens (including phenoxy) is 3. The number of carbonyl (C=O) groups is 3. The van der Waals surface area contributed by atoms with E-state index < -0.39 is 12.1 Å². The largest absolute Gasteiger partial charge is 0.462 e. The van der Waals surface area contributed by atoms with Crippen molar-refractivity contribution in [3.63, 3.8) is 0 Å². The fourth-order valence-corrected chi connectivity index (χ4v) is 7.98. The van der Waals surface area contributed by atoms with Crippen LogP contribution in [0.5, 0.6) is 0 Å². The maximum absolute atomic E-state index is 12.8. The molecule has 0 N–H and O–H groups in total. The van der Waals surface area contributed by atoms with Crippen molar-refractivity contribution in [1.82, 2.24) is 0 Å². The van der Waals surface area contributed by atoms with Crippen molar-refractivity contribution >= 4 is 17.9 Å². The van der Waals surface area contributed by atoms with E-state index in [1.807, 2.05) is 6.08 Å². The predicted octanol–water partition coefficient (Wildman–Crippen LogP) is 20.4.